The summed E-state index contributed by atoms with van der Waals surface area (Å²) in [5.41, 5.74) is 3.30. The molecule has 0 amide bonds. The van der Waals surface area contributed by atoms with Gasteiger partial charge in [-0.2, -0.15) is 0 Å². The normalized spacial score (nSPS) is 17.4. The van der Waals surface area contributed by atoms with Crippen LogP contribution in [0.25, 0.3) is 22.7 Å². The van der Waals surface area contributed by atoms with Crippen LogP contribution in [0.1, 0.15) is 65.4 Å². The molecule has 1 aliphatic heterocycles. The summed E-state index contributed by atoms with van der Waals surface area (Å²) in [5.74, 6) is 3.39. The molecule has 0 spiro atoms. The van der Waals surface area contributed by atoms with E-state index in [0.717, 1.165) is 28.2 Å². The van der Waals surface area contributed by atoms with Gasteiger partial charge in [-0.05, 0) is 86.9 Å². The van der Waals surface area contributed by atoms with Gasteiger partial charge in [0, 0.05) is 22.6 Å². The molecule has 2 aliphatic rings. The molecule has 1 aromatic heterocycles. The highest BCUT2D eigenvalue weighted by Gasteiger charge is 2.34. The summed E-state index contributed by atoms with van der Waals surface area (Å²) in [5, 5.41) is 13.6. The number of ketones is 1. The molecule has 0 fully saturated rings. The van der Waals surface area contributed by atoms with Crippen LogP contribution in [0.15, 0.2) is 112 Å². The summed E-state index contributed by atoms with van der Waals surface area (Å²) < 4.78 is 23.8. The Bertz CT molecular complexity index is 1830. The van der Waals surface area contributed by atoms with E-state index in [-0.39, 0.29) is 33.5 Å². The van der Waals surface area contributed by atoms with Gasteiger partial charge in [-0.15, -0.1) is 0 Å². The van der Waals surface area contributed by atoms with Crippen molar-refractivity contribution in [2.45, 2.75) is 53.9 Å². The molecule has 0 N–H and O–H groups in total. The molecule has 2 heterocycles. The van der Waals surface area contributed by atoms with Crippen molar-refractivity contribution in [1.29, 1.82) is 0 Å². The number of carbonyl (C=O) groups excluding carboxylic acids is 1. The van der Waals surface area contributed by atoms with Crippen molar-refractivity contribution in [3.05, 3.63) is 124 Å². The number of benzene rings is 2. The van der Waals surface area contributed by atoms with Crippen LogP contribution in [0.5, 0.6) is 11.5 Å². The molecule has 0 bridgehead atoms. The fourth-order valence-corrected chi connectivity index (χ4v) is 5.22. The smallest absolute Gasteiger partial charge is 0.364 e. The molecule has 0 saturated heterocycles. The number of Topliss-reactive ketones (excluding diaryl/α,β-unsaturated/α-hetero) is 1. The van der Waals surface area contributed by atoms with Crippen molar-refractivity contribution in [1.82, 2.24) is 0 Å². The molecule has 1 aliphatic carbocycles. The lowest BCUT2D eigenvalue weighted by atomic mass is 9.81. The average molecular weight is 605 g/mol. The molecular weight excluding hydrogens is 564 g/mol. The predicted molar refractivity (Wildman–Crippen MR) is 176 cm³/mol. The highest BCUT2D eigenvalue weighted by Crippen LogP contribution is 2.42. The quantitative estimate of drug-likeness (QED) is 0.208. The predicted octanol–water partition coefficient (Wildman–Crippen LogP) is 8.44. The van der Waals surface area contributed by atoms with Crippen LogP contribution in [0.3, 0.4) is 0 Å². The molecule has 232 valence electrons. The summed E-state index contributed by atoms with van der Waals surface area (Å²) in [6.07, 6.45) is 5.38. The first-order valence-electron chi connectivity index (χ1n) is 15.0. The zero-order valence-corrected chi connectivity index (χ0v) is 27.5. The van der Waals surface area contributed by atoms with E-state index < -0.39 is 0 Å². The zero-order valence-electron chi connectivity index (χ0n) is 27.5. The number of hydrogen-bond acceptors (Lipinski definition) is 5. The first-order valence-corrected chi connectivity index (χ1v) is 15.0. The van der Waals surface area contributed by atoms with Gasteiger partial charge in [0.05, 0.1) is 31.3 Å². The zero-order chi connectivity index (χ0) is 32.7. The second-order valence-corrected chi connectivity index (χ2v) is 13.3. The van der Waals surface area contributed by atoms with E-state index in [1.54, 1.807) is 20.3 Å². The fraction of sp³-hybridized carbons (Fsp3) is 0.282. The maximum Gasteiger partial charge on any atom is 0.364 e. The standard InChI is InChI=1S/C39H40O6/c1-23(25-21-32(45-34(22-25)39(5,6)7)27-15-11-13-17-30(27)43-9)35-36(40)28(37(35)41)18-24-19-31(44-33(20-24)38(2,3)4)26-14-10-12-16-29(26)42-8/h10-22H,1-9H3. The summed E-state index contributed by atoms with van der Waals surface area (Å²) >= 11 is 0. The molecule has 6 heteroatoms. The summed E-state index contributed by atoms with van der Waals surface area (Å²) in [6.45, 7) is 14.1. The number of hydrogen-bond donors (Lipinski definition) is 0. The minimum absolute atomic E-state index is 0.142. The summed E-state index contributed by atoms with van der Waals surface area (Å²) in [4.78, 5) is 13.6. The largest absolute Gasteiger partial charge is 0.871 e. The lowest BCUT2D eigenvalue weighted by Crippen LogP contribution is -2.30. The number of allylic oxidation sites excluding steroid dienone is 8. The Labute approximate surface area is 265 Å². The molecule has 0 radical (unpaired) electrons. The maximum absolute atomic E-state index is 13.6. The Kier molecular flexibility index (Phi) is 8.37. The fourth-order valence-electron chi connectivity index (χ4n) is 5.22. The Balaban J connectivity index is 1.61. The molecule has 6 nitrogen and oxygen atoms in total. The lowest BCUT2D eigenvalue weighted by molar-refractivity contribution is -0.300. The number of para-hydroxylation sites is 2. The van der Waals surface area contributed by atoms with E-state index in [1.165, 1.54) is 0 Å². The van der Waals surface area contributed by atoms with E-state index in [4.69, 9.17) is 18.6 Å². The topological polar surface area (TPSA) is 79.1 Å². The average Bonchev–Trinajstić information content (AvgIpc) is 3.02. The van der Waals surface area contributed by atoms with Gasteiger partial charge in [0.15, 0.2) is 5.78 Å². The van der Waals surface area contributed by atoms with Gasteiger partial charge in [-0.25, -0.2) is 4.42 Å². The van der Waals surface area contributed by atoms with Gasteiger partial charge in [0.25, 0.3) is 0 Å². The second kappa shape index (κ2) is 11.9. The number of rotatable bonds is 6. The van der Waals surface area contributed by atoms with Crippen molar-refractivity contribution < 1.29 is 28.5 Å². The molecule has 45 heavy (non-hydrogen) atoms. The van der Waals surface area contributed by atoms with Crippen LogP contribution < -0.4 is 14.6 Å². The SMILES string of the molecule is COc1ccccc1C1=CC(=CC2=C([O-])C(=C(C)c3cc(-c4ccccc4OC)[o+]c(C(C)(C)C)c3)C2=O)C=C(C(C)(C)C)O1. The van der Waals surface area contributed by atoms with Crippen LogP contribution in [0.2, 0.25) is 0 Å². The third kappa shape index (κ3) is 6.23. The van der Waals surface area contributed by atoms with E-state index in [9.17, 15) is 9.90 Å². The molecule has 0 saturated carbocycles. The molecular formula is C39H40O6. The van der Waals surface area contributed by atoms with Crippen molar-refractivity contribution in [3.8, 4) is 22.8 Å². The molecule has 3 aromatic rings. The van der Waals surface area contributed by atoms with Gasteiger partial charge in [0.1, 0.15) is 28.6 Å². The molecule has 0 unspecified atom stereocenters. The Hall–Kier alpha value is -4.84. The van der Waals surface area contributed by atoms with Gasteiger partial charge in [-0.1, -0.05) is 50.8 Å². The van der Waals surface area contributed by atoms with Gasteiger partial charge in [-0.3, -0.25) is 4.79 Å². The highest BCUT2D eigenvalue weighted by molar-refractivity contribution is 6.24. The molecule has 0 atom stereocenters. The van der Waals surface area contributed by atoms with Crippen molar-refractivity contribution in [3.63, 3.8) is 0 Å². The minimum Gasteiger partial charge on any atom is -0.871 e. The molecule has 2 aromatic carbocycles. The first-order chi connectivity index (χ1) is 21.2. The second-order valence-electron chi connectivity index (χ2n) is 13.3. The van der Waals surface area contributed by atoms with Crippen LogP contribution in [0.4, 0.5) is 0 Å². The third-order valence-corrected chi connectivity index (χ3v) is 7.89. The van der Waals surface area contributed by atoms with Crippen LogP contribution in [0, 0.1) is 5.41 Å². The Morgan fingerprint density at radius 2 is 1.44 bits per heavy atom. The van der Waals surface area contributed by atoms with Gasteiger partial charge in [0.2, 0.25) is 0 Å². The van der Waals surface area contributed by atoms with Crippen molar-refractivity contribution >= 4 is 17.1 Å². The van der Waals surface area contributed by atoms with E-state index in [2.05, 4.69) is 41.5 Å². The van der Waals surface area contributed by atoms with E-state index in [0.29, 0.717) is 34.2 Å². The Morgan fingerprint density at radius 3 is 2.02 bits per heavy atom. The minimum atomic E-state index is -0.321. The lowest BCUT2D eigenvalue weighted by Gasteiger charge is -2.32. The van der Waals surface area contributed by atoms with Crippen molar-refractivity contribution in [2.75, 3.05) is 14.2 Å². The summed E-state index contributed by atoms with van der Waals surface area (Å²) in [7, 11) is 3.23. The third-order valence-electron chi connectivity index (χ3n) is 7.89. The van der Waals surface area contributed by atoms with Gasteiger partial charge >= 0.3 is 11.5 Å². The van der Waals surface area contributed by atoms with Crippen LogP contribution in [-0.4, -0.2) is 20.0 Å². The number of methoxy groups -OCH3 is 2. The van der Waals surface area contributed by atoms with E-state index >= 15 is 0 Å². The first kappa shape index (κ1) is 31.6. The maximum atomic E-state index is 13.6. The van der Waals surface area contributed by atoms with E-state index in [1.807, 2.05) is 79.7 Å². The van der Waals surface area contributed by atoms with Crippen LogP contribution >= 0.6 is 0 Å². The molecule has 5 rings (SSSR count). The monoisotopic (exact) mass is 604 g/mol. The van der Waals surface area contributed by atoms with Crippen molar-refractivity contribution in [2.24, 2.45) is 5.41 Å². The number of carbonyl (C=O) groups is 1. The number of ether oxygens (including phenoxy) is 3. The highest BCUT2D eigenvalue weighted by atomic mass is 16.5. The van der Waals surface area contributed by atoms with Gasteiger partial charge < -0.3 is 19.3 Å². The van der Waals surface area contributed by atoms with Crippen LogP contribution in [-0.2, 0) is 14.9 Å². The Morgan fingerprint density at radius 1 is 0.844 bits per heavy atom. The summed E-state index contributed by atoms with van der Waals surface area (Å²) in [6, 6.07) is 19.0.